The van der Waals surface area contributed by atoms with E-state index in [0.29, 0.717) is 23.2 Å². The number of aromatic nitrogens is 3. The third-order valence-corrected chi connectivity index (χ3v) is 6.86. The second kappa shape index (κ2) is 10.1. The quantitative estimate of drug-likeness (QED) is 0.529. The number of hydrogen-bond donors (Lipinski definition) is 1. The van der Waals surface area contributed by atoms with Crippen LogP contribution in [0.15, 0.2) is 34.2 Å². The zero-order chi connectivity index (χ0) is 20.9. The molecular weight excluding hydrogens is 429 g/mol. The zero-order valence-corrected chi connectivity index (χ0v) is 18.2. The molecule has 2 aromatic heterocycles. The van der Waals surface area contributed by atoms with E-state index >= 15 is 0 Å². The molecule has 4 heterocycles. The molecule has 1 atom stereocenters. The fourth-order valence-corrected chi connectivity index (χ4v) is 4.93. The molecule has 0 saturated carbocycles. The van der Waals surface area contributed by atoms with Gasteiger partial charge in [0, 0.05) is 26.2 Å². The van der Waals surface area contributed by atoms with Crippen molar-refractivity contribution in [2.24, 2.45) is 5.92 Å². The summed E-state index contributed by atoms with van der Waals surface area (Å²) in [5.74, 6) is -0.0587. The van der Waals surface area contributed by atoms with Crippen LogP contribution in [-0.4, -0.2) is 51.9 Å². The maximum Gasteiger partial charge on any atom is 0.287 e. The number of rotatable bonds is 6. The van der Waals surface area contributed by atoms with Crippen LogP contribution in [0, 0.1) is 11.9 Å². The van der Waals surface area contributed by atoms with E-state index in [1.165, 1.54) is 22.7 Å². The average Bonchev–Trinajstić information content (AvgIpc) is 2.76. The number of nitrogens with zero attached hydrogens (tertiary/aromatic N) is 4. The summed E-state index contributed by atoms with van der Waals surface area (Å²) in [6, 6.07) is 4.77. The molecule has 1 unspecified atom stereocenters. The summed E-state index contributed by atoms with van der Waals surface area (Å²) in [6.45, 7) is 3.78. The molecular formula is C20H25ClFN5O2S. The molecule has 4 rings (SSSR count). The van der Waals surface area contributed by atoms with Gasteiger partial charge in [-0.15, -0.1) is 0 Å². The van der Waals surface area contributed by atoms with Crippen molar-refractivity contribution in [3.05, 3.63) is 45.7 Å². The van der Waals surface area contributed by atoms with E-state index < -0.39 is 5.95 Å². The highest BCUT2D eigenvalue weighted by atomic mass is 35.5. The molecule has 0 aromatic carbocycles. The second-order valence-electron chi connectivity index (χ2n) is 7.64. The van der Waals surface area contributed by atoms with E-state index in [0.717, 1.165) is 52.0 Å². The Balaban J connectivity index is 1.34. The maximum absolute atomic E-state index is 13.3. The van der Waals surface area contributed by atoms with Crippen LogP contribution in [0.5, 0.6) is 0 Å². The minimum absolute atomic E-state index is 0.00638. The van der Waals surface area contributed by atoms with E-state index in [2.05, 4.69) is 19.7 Å². The van der Waals surface area contributed by atoms with E-state index in [1.807, 2.05) is 0 Å². The Hall–Kier alpha value is -1.68. The lowest BCUT2D eigenvalue weighted by Gasteiger charge is -2.31. The van der Waals surface area contributed by atoms with Gasteiger partial charge in [0.05, 0.1) is 24.5 Å². The third kappa shape index (κ3) is 5.32. The Labute approximate surface area is 184 Å². The first-order valence-corrected chi connectivity index (χ1v) is 11.4. The molecule has 0 amide bonds. The number of anilines is 1. The van der Waals surface area contributed by atoms with Gasteiger partial charge >= 0.3 is 0 Å². The number of pyridine rings is 1. The van der Waals surface area contributed by atoms with Gasteiger partial charge in [0.1, 0.15) is 10.0 Å². The van der Waals surface area contributed by atoms with Crippen LogP contribution in [0.25, 0.3) is 0 Å². The molecule has 2 aliphatic heterocycles. The fourth-order valence-electron chi connectivity index (χ4n) is 3.80. The van der Waals surface area contributed by atoms with Crippen molar-refractivity contribution in [3.8, 4) is 0 Å². The molecule has 2 saturated heterocycles. The van der Waals surface area contributed by atoms with Crippen LogP contribution < -0.4 is 10.9 Å². The predicted molar refractivity (Wildman–Crippen MR) is 115 cm³/mol. The van der Waals surface area contributed by atoms with Gasteiger partial charge in [0.25, 0.3) is 5.56 Å². The highest BCUT2D eigenvalue weighted by Gasteiger charge is 2.24. The van der Waals surface area contributed by atoms with Crippen LogP contribution in [0.2, 0.25) is 5.02 Å². The van der Waals surface area contributed by atoms with E-state index in [4.69, 9.17) is 16.3 Å². The van der Waals surface area contributed by atoms with Crippen LogP contribution in [0.4, 0.5) is 10.1 Å². The van der Waals surface area contributed by atoms with Gasteiger partial charge in [-0.2, -0.15) is 9.49 Å². The summed E-state index contributed by atoms with van der Waals surface area (Å²) in [7, 11) is 0. The normalized spacial score (nSPS) is 20.9. The summed E-state index contributed by atoms with van der Waals surface area (Å²) < 4.78 is 22.4. The topological polar surface area (TPSA) is 72.3 Å². The number of ether oxygens (including phenoxy) is 1. The lowest BCUT2D eigenvalue weighted by Crippen LogP contribution is -2.36. The molecule has 0 bridgehead atoms. The number of halogens is 2. The number of hydrogen-bond acceptors (Lipinski definition) is 7. The first kappa shape index (κ1) is 21.5. The largest absolute Gasteiger partial charge is 0.382 e. The van der Waals surface area contributed by atoms with Crippen molar-refractivity contribution in [1.29, 1.82) is 0 Å². The highest BCUT2D eigenvalue weighted by Crippen LogP contribution is 2.29. The number of nitrogens with one attached hydrogen (secondary N) is 1. The van der Waals surface area contributed by atoms with Crippen molar-refractivity contribution in [1.82, 2.24) is 19.1 Å². The van der Waals surface area contributed by atoms with Gasteiger partial charge in [-0.1, -0.05) is 17.7 Å². The van der Waals surface area contributed by atoms with Crippen molar-refractivity contribution < 1.29 is 9.13 Å². The Morgan fingerprint density at radius 2 is 2.13 bits per heavy atom. The van der Waals surface area contributed by atoms with Gasteiger partial charge in [0.2, 0.25) is 5.95 Å². The van der Waals surface area contributed by atoms with E-state index in [1.54, 1.807) is 18.3 Å². The standard InChI is InChI=1S/C20H25ClFN5O2S/c21-19-16(23-11-14-3-2-10-29-13-14)12-24-27(20(19)28)15-6-8-26(9-7-15)30-18-5-1-4-17(22)25-18/h1,4-5,12,14-15,23H,2-3,6-11,13H2. The Morgan fingerprint density at radius 1 is 1.30 bits per heavy atom. The monoisotopic (exact) mass is 453 g/mol. The van der Waals surface area contributed by atoms with Crippen LogP contribution in [-0.2, 0) is 4.74 Å². The Kier molecular flexibility index (Phi) is 7.24. The van der Waals surface area contributed by atoms with Gasteiger partial charge in [-0.05, 0) is 55.7 Å². The molecule has 7 nitrogen and oxygen atoms in total. The van der Waals surface area contributed by atoms with Crippen LogP contribution in [0.3, 0.4) is 0 Å². The smallest absolute Gasteiger partial charge is 0.287 e. The predicted octanol–water partition coefficient (Wildman–Crippen LogP) is 3.61. The van der Waals surface area contributed by atoms with Crippen molar-refractivity contribution in [3.63, 3.8) is 0 Å². The van der Waals surface area contributed by atoms with Crippen LogP contribution >= 0.6 is 23.5 Å². The van der Waals surface area contributed by atoms with Gasteiger partial charge in [-0.25, -0.2) is 14.0 Å². The molecule has 10 heteroatoms. The summed E-state index contributed by atoms with van der Waals surface area (Å²) in [6.07, 6.45) is 5.34. The first-order valence-electron chi connectivity index (χ1n) is 10.2. The molecule has 0 radical (unpaired) electrons. The first-order chi connectivity index (χ1) is 14.6. The average molecular weight is 454 g/mol. The molecule has 0 aliphatic carbocycles. The fraction of sp³-hybridized carbons (Fsp3) is 0.550. The lowest BCUT2D eigenvalue weighted by molar-refractivity contribution is 0.0595. The molecule has 162 valence electrons. The number of piperidine rings is 1. The van der Waals surface area contributed by atoms with E-state index in [-0.39, 0.29) is 16.6 Å². The van der Waals surface area contributed by atoms with Crippen molar-refractivity contribution in [2.45, 2.75) is 36.8 Å². The van der Waals surface area contributed by atoms with Gasteiger partial charge in [-0.3, -0.25) is 4.79 Å². The minimum Gasteiger partial charge on any atom is -0.382 e. The molecule has 2 aromatic rings. The van der Waals surface area contributed by atoms with Crippen molar-refractivity contribution in [2.75, 3.05) is 38.2 Å². The summed E-state index contributed by atoms with van der Waals surface area (Å²) in [5.41, 5.74) is 0.313. The maximum atomic E-state index is 13.3. The molecule has 30 heavy (non-hydrogen) atoms. The Bertz CT molecular complexity index is 916. The van der Waals surface area contributed by atoms with Crippen LogP contribution in [0.1, 0.15) is 31.7 Å². The summed E-state index contributed by atoms with van der Waals surface area (Å²) in [4.78, 5) is 16.7. The molecule has 2 fully saturated rings. The van der Waals surface area contributed by atoms with E-state index in [9.17, 15) is 9.18 Å². The SMILES string of the molecule is O=c1c(Cl)c(NCC2CCCOC2)cnn1C1CCN(Sc2cccc(F)n2)CC1. The highest BCUT2D eigenvalue weighted by molar-refractivity contribution is 7.97. The molecule has 2 aliphatic rings. The second-order valence-corrected chi connectivity index (χ2v) is 9.13. The summed E-state index contributed by atoms with van der Waals surface area (Å²) in [5, 5.41) is 8.45. The molecule has 0 spiro atoms. The third-order valence-electron chi connectivity index (χ3n) is 5.46. The summed E-state index contributed by atoms with van der Waals surface area (Å²) >= 11 is 7.79. The van der Waals surface area contributed by atoms with Gasteiger partial charge < -0.3 is 10.1 Å². The zero-order valence-electron chi connectivity index (χ0n) is 16.6. The minimum atomic E-state index is -0.481. The Morgan fingerprint density at radius 3 is 2.87 bits per heavy atom. The lowest BCUT2D eigenvalue weighted by atomic mass is 10.0. The molecule has 1 N–H and O–H groups in total. The van der Waals surface area contributed by atoms with Gasteiger partial charge in [0.15, 0.2) is 0 Å². The van der Waals surface area contributed by atoms with Crippen molar-refractivity contribution >= 4 is 29.2 Å².